The summed E-state index contributed by atoms with van der Waals surface area (Å²) >= 11 is 0. The molecule has 7 nitrogen and oxygen atoms in total. The van der Waals surface area contributed by atoms with Gasteiger partial charge in [0.1, 0.15) is 11.3 Å². The topological polar surface area (TPSA) is 89.6 Å². The molecule has 0 bridgehead atoms. The number of nitrogens with one attached hydrogen (secondary N) is 1. The van der Waals surface area contributed by atoms with Gasteiger partial charge in [0.2, 0.25) is 0 Å². The van der Waals surface area contributed by atoms with E-state index in [1.165, 1.54) is 22.3 Å². The van der Waals surface area contributed by atoms with Gasteiger partial charge in [0.25, 0.3) is 0 Å². The summed E-state index contributed by atoms with van der Waals surface area (Å²) in [6, 6.07) is 17.3. The average molecular weight is 492 g/mol. The van der Waals surface area contributed by atoms with Crippen LogP contribution in [0, 0.1) is 13.8 Å². The number of rotatable bonds is 4. The van der Waals surface area contributed by atoms with Gasteiger partial charge < -0.3 is 4.57 Å². The predicted octanol–water partition coefficient (Wildman–Crippen LogP) is 5.41. The number of imidazole rings is 1. The summed E-state index contributed by atoms with van der Waals surface area (Å²) in [5.41, 5.74) is 12.2. The molecule has 0 unspecified atom stereocenters. The first-order chi connectivity index (χ1) is 17.9. The second kappa shape index (κ2) is 9.00. The van der Waals surface area contributed by atoms with E-state index < -0.39 is 5.76 Å². The summed E-state index contributed by atoms with van der Waals surface area (Å²) in [7, 11) is 0. The summed E-state index contributed by atoms with van der Waals surface area (Å²) in [5, 5.41) is 3.98. The quantitative estimate of drug-likeness (QED) is 0.363. The first-order valence-corrected chi connectivity index (χ1v) is 12.7. The monoisotopic (exact) mass is 491 g/mol. The van der Waals surface area contributed by atoms with Gasteiger partial charge in [-0.3, -0.25) is 9.51 Å². The Kier molecular flexibility index (Phi) is 5.63. The number of hydrogen-bond donors (Lipinski definition) is 1. The summed E-state index contributed by atoms with van der Waals surface area (Å²) < 4.78 is 7.08. The zero-order chi connectivity index (χ0) is 25.7. The van der Waals surface area contributed by atoms with E-state index in [9.17, 15) is 4.79 Å². The Morgan fingerprint density at radius 3 is 2.59 bits per heavy atom. The van der Waals surface area contributed by atoms with E-state index in [1.54, 1.807) is 0 Å². The molecule has 2 aromatic carbocycles. The second-order valence-electron chi connectivity index (χ2n) is 9.81. The molecule has 0 fully saturated rings. The molecule has 3 heterocycles. The smallest absolute Gasteiger partial charge is 0.308 e. The number of aryl methyl sites for hydroxylation is 5. The van der Waals surface area contributed by atoms with Gasteiger partial charge in [0.05, 0.1) is 6.54 Å². The molecule has 0 radical (unpaired) electrons. The van der Waals surface area contributed by atoms with E-state index in [-0.39, 0.29) is 0 Å². The number of hydrogen-bond acceptors (Lipinski definition) is 5. The van der Waals surface area contributed by atoms with Crippen molar-refractivity contribution in [1.82, 2.24) is 24.7 Å². The Hall–Kier alpha value is -4.26. The molecule has 0 aliphatic heterocycles. The van der Waals surface area contributed by atoms with Crippen molar-refractivity contribution in [3.63, 3.8) is 0 Å². The predicted molar refractivity (Wildman–Crippen MR) is 144 cm³/mol. The van der Waals surface area contributed by atoms with Gasteiger partial charge in [-0.15, -0.1) is 0 Å². The van der Waals surface area contributed by atoms with Crippen LogP contribution < -0.4 is 5.76 Å². The van der Waals surface area contributed by atoms with Crippen molar-refractivity contribution >= 4 is 22.3 Å². The summed E-state index contributed by atoms with van der Waals surface area (Å²) in [6.45, 7) is 8.98. The lowest BCUT2D eigenvalue weighted by atomic mass is 9.89. The average Bonchev–Trinajstić information content (AvgIpc) is 3.43. The van der Waals surface area contributed by atoms with Crippen LogP contribution in [-0.2, 0) is 25.8 Å². The Morgan fingerprint density at radius 2 is 1.81 bits per heavy atom. The first kappa shape index (κ1) is 23.2. The van der Waals surface area contributed by atoms with Gasteiger partial charge in [0, 0.05) is 17.7 Å². The van der Waals surface area contributed by atoms with Crippen LogP contribution in [0.2, 0.25) is 0 Å². The molecule has 0 atom stereocenters. The van der Waals surface area contributed by atoms with Crippen molar-refractivity contribution in [1.29, 1.82) is 0 Å². The fourth-order valence-corrected chi connectivity index (χ4v) is 5.57. The molecular formula is C30H29N5O2. The minimum atomic E-state index is -0.550. The Balaban J connectivity index is 1.49. The minimum Gasteiger partial charge on any atom is -0.308 e. The Morgan fingerprint density at radius 1 is 1.03 bits per heavy atom. The van der Waals surface area contributed by atoms with Crippen LogP contribution in [-0.4, -0.2) is 24.7 Å². The molecule has 1 aliphatic carbocycles. The molecular weight excluding hydrogens is 462 g/mol. The number of nitrogens with zero attached hydrogens (tertiary/aromatic N) is 4. The minimum absolute atomic E-state index is 0.459. The molecule has 1 N–H and O–H groups in total. The fraction of sp³-hybridized carbons (Fsp3) is 0.267. The maximum absolute atomic E-state index is 11.7. The highest BCUT2D eigenvalue weighted by molar-refractivity contribution is 5.98. The lowest BCUT2D eigenvalue weighted by Gasteiger charge is -2.16. The van der Waals surface area contributed by atoms with Crippen LogP contribution in [0.1, 0.15) is 64.6 Å². The van der Waals surface area contributed by atoms with Gasteiger partial charge >= 0.3 is 5.76 Å². The highest BCUT2D eigenvalue weighted by atomic mass is 16.5. The summed E-state index contributed by atoms with van der Waals surface area (Å²) in [4.78, 5) is 24.2. The lowest BCUT2D eigenvalue weighted by molar-refractivity contribution is 0.385. The van der Waals surface area contributed by atoms with Crippen molar-refractivity contribution < 1.29 is 4.52 Å². The van der Waals surface area contributed by atoms with Crippen LogP contribution in [0.3, 0.4) is 0 Å². The number of aromatic amines is 1. The third-order valence-corrected chi connectivity index (χ3v) is 7.32. The molecule has 7 heteroatoms. The summed E-state index contributed by atoms with van der Waals surface area (Å²) in [5.74, 6) is 0.955. The molecule has 0 saturated heterocycles. The van der Waals surface area contributed by atoms with Crippen LogP contribution in [0.5, 0.6) is 0 Å². The van der Waals surface area contributed by atoms with E-state index in [1.807, 2.05) is 13.8 Å². The second-order valence-corrected chi connectivity index (χ2v) is 9.81. The largest absolute Gasteiger partial charge is 0.439 e. The standard InChI is InChI=1S/C30H29N5O2/c1-5-25-32-27-17(2)14-18(3)31-29(27)35(25)16-20-10-13-24-22(15-20)12-11-21-8-6-7-9-23(21)26(24)19(4)28-33-30(36)37-34-28/h6-10,13-15H,5,11-12,16H2,1-4H3,(H,33,34,36)/b26-19+. The van der Waals surface area contributed by atoms with Gasteiger partial charge in [-0.05, 0) is 78.6 Å². The van der Waals surface area contributed by atoms with E-state index in [4.69, 9.17) is 14.5 Å². The Labute approximate surface area is 214 Å². The molecule has 0 saturated carbocycles. The van der Waals surface area contributed by atoms with Gasteiger partial charge in [0.15, 0.2) is 11.5 Å². The third kappa shape index (κ3) is 4.00. The third-order valence-electron chi connectivity index (χ3n) is 7.32. The zero-order valence-electron chi connectivity index (χ0n) is 21.6. The number of allylic oxidation sites excluding steroid dienone is 1. The molecule has 0 spiro atoms. The van der Waals surface area contributed by atoms with E-state index in [0.717, 1.165) is 64.2 Å². The lowest BCUT2D eigenvalue weighted by Crippen LogP contribution is -2.07. The molecule has 186 valence electrons. The van der Waals surface area contributed by atoms with Crippen molar-refractivity contribution in [3.05, 3.63) is 110 Å². The van der Waals surface area contributed by atoms with Crippen molar-refractivity contribution in [2.45, 2.75) is 53.5 Å². The van der Waals surface area contributed by atoms with E-state index >= 15 is 0 Å². The first-order valence-electron chi connectivity index (χ1n) is 12.7. The highest BCUT2D eigenvalue weighted by Gasteiger charge is 2.23. The molecule has 5 aromatic rings. The van der Waals surface area contributed by atoms with Crippen molar-refractivity contribution in [2.24, 2.45) is 0 Å². The number of H-pyrrole nitrogens is 1. The van der Waals surface area contributed by atoms with Crippen molar-refractivity contribution in [3.8, 4) is 0 Å². The van der Waals surface area contributed by atoms with Crippen LogP contribution in [0.25, 0.3) is 22.3 Å². The highest BCUT2D eigenvalue weighted by Crippen LogP contribution is 2.38. The van der Waals surface area contributed by atoms with Crippen molar-refractivity contribution in [2.75, 3.05) is 0 Å². The Bertz CT molecular complexity index is 1750. The molecule has 1 aliphatic rings. The number of pyridine rings is 1. The maximum atomic E-state index is 11.7. The van der Waals surface area contributed by atoms with Crippen LogP contribution in [0.15, 0.2) is 57.8 Å². The number of fused-ring (bicyclic) bond motifs is 3. The number of aromatic nitrogens is 5. The molecule has 3 aromatic heterocycles. The maximum Gasteiger partial charge on any atom is 0.439 e. The molecule has 6 rings (SSSR count). The normalized spacial score (nSPS) is 14.4. The molecule has 37 heavy (non-hydrogen) atoms. The summed E-state index contributed by atoms with van der Waals surface area (Å²) in [6.07, 6.45) is 2.71. The fourth-order valence-electron chi connectivity index (χ4n) is 5.57. The molecule has 0 amide bonds. The zero-order valence-corrected chi connectivity index (χ0v) is 21.6. The van der Waals surface area contributed by atoms with Gasteiger partial charge in [-0.2, -0.15) is 0 Å². The van der Waals surface area contributed by atoms with E-state index in [0.29, 0.717) is 12.4 Å². The van der Waals surface area contributed by atoms with Crippen LogP contribution in [0.4, 0.5) is 0 Å². The SMILES string of the molecule is CCc1nc2c(C)cc(C)nc2n1Cc1ccc2c(c1)CCc1ccccc1/C2=C(/C)c1noc(=O)[nH]1. The number of benzene rings is 2. The van der Waals surface area contributed by atoms with Gasteiger partial charge in [-0.1, -0.05) is 54.5 Å². The van der Waals surface area contributed by atoms with Crippen LogP contribution >= 0.6 is 0 Å². The van der Waals surface area contributed by atoms with Gasteiger partial charge in [-0.25, -0.2) is 14.8 Å². The van der Waals surface area contributed by atoms with E-state index in [2.05, 4.69) is 77.1 Å².